The lowest BCUT2D eigenvalue weighted by atomic mass is 10.3. The molecule has 1 amide bonds. The van der Waals surface area contributed by atoms with Crippen LogP contribution < -0.4 is 5.32 Å². The van der Waals surface area contributed by atoms with Crippen molar-refractivity contribution in [3.63, 3.8) is 0 Å². The van der Waals surface area contributed by atoms with Gasteiger partial charge in [-0.1, -0.05) is 0 Å². The van der Waals surface area contributed by atoms with E-state index in [0.29, 0.717) is 5.69 Å². The van der Waals surface area contributed by atoms with Crippen LogP contribution in [-0.2, 0) is 4.79 Å². The first-order valence-corrected chi connectivity index (χ1v) is 5.40. The second-order valence-corrected chi connectivity index (χ2v) is 3.77. The molecule has 0 aliphatic carbocycles. The minimum absolute atomic E-state index is 0.294. The quantitative estimate of drug-likeness (QED) is 0.894. The van der Waals surface area contributed by atoms with Gasteiger partial charge in [-0.05, 0) is 12.1 Å². The van der Waals surface area contributed by atoms with Crippen molar-refractivity contribution in [2.45, 2.75) is 6.18 Å². The minimum Gasteiger partial charge on any atom is -0.476 e. The van der Waals surface area contributed by atoms with Crippen molar-refractivity contribution in [1.29, 1.82) is 0 Å². The molecule has 0 aliphatic rings. The van der Waals surface area contributed by atoms with E-state index in [1.807, 2.05) is 0 Å². The maximum Gasteiger partial charge on any atom is 0.471 e. The third-order valence-electron chi connectivity index (χ3n) is 2.40. The zero-order valence-electron chi connectivity index (χ0n) is 10.1. The Morgan fingerprint density at radius 3 is 2.38 bits per heavy atom. The van der Waals surface area contributed by atoms with Crippen LogP contribution >= 0.6 is 0 Å². The summed E-state index contributed by atoms with van der Waals surface area (Å²) in [5.41, 5.74) is -0.410. The van der Waals surface area contributed by atoms with E-state index in [-0.39, 0.29) is 0 Å². The van der Waals surface area contributed by atoms with Crippen LogP contribution in [0.4, 0.5) is 19.0 Å². The van der Waals surface area contributed by atoms with E-state index < -0.39 is 29.6 Å². The summed E-state index contributed by atoms with van der Waals surface area (Å²) in [6.07, 6.45) is -1.45. The van der Waals surface area contributed by atoms with Gasteiger partial charge in [-0.3, -0.25) is 14.3 Å². The van der Waals surface area contributed by atoms with Crippen molar-refractivity contribution < 1.29 is 27.9 Å². The van der Waals surface area contributed by atoms with Crippen LogP contribution in [0, 0.1) is 0 Å². The number of imidazole rings is 1. The van der Waals surface area contributed by atoms with E-state index in [1.165, 1.54) is 29.8 Å². The Morgan fingerprint density at radius 1 is 1.24 bits per heavy atom. The van der Waals surface area contributed by atoms with Crippen LogP contribution in [0.25, 0.3) is 5.69 Å². The van der Waals surface area contributed by atoms with Gasteiger partial charge in [0, 0.05) is 12.4 Å². The fraction of sp³-hybridized carbons (Fsp3) is 0.0909. The number of hydrogen-bond donors (Lipinski definition) is 2. The average Bonchev–Trinajstić information content (AvgIpc) is 2.82. The zero-order chi connectivity index (χ0) is 15.6. The van der Waals surface area contributed by atoms with Crippen LogP contribution in [0.2, 0.25) is 0 Å². The van der Waals surface area contributed by atoms with Gasteiger partial charge in [0.05, 0.1) is 5.69 Å². The predicted molar refractivity (Wildman–Crippen MR) is 63.0 cm³/mol. The van der Waals surface area contributed by atoms with Gasteiger partial charge in [0.15, 0.2) is 11.5 Å². The second-order valence-electron chi connectivity index (χ2n) is 3.77. The maximum atomic E-state index is 12.3. The number of aromatic carboxylic acids is 1. The highest BCUT2D eigenvalue weighted by molar-refractivity contribution is 6.00. The predicted octanol–water partition coefficient (Wildman–Crippen LogP) is 1.47. The number of aromatic nitrogens is 3. The summed E-state index contributed by atoms with van der Waals surface area (Å²) in [6, 6.07) is 2.83. The van der Waals surface area contributed by atoms with Crippen LogP contribution in [-0.4, -0.2) is 37.7 Å². The minimum atomic E-state index is -5.15. The molecular formula is C11H7F3N4O3. The summed E-state index contributed by atoms with van der Waals surface area (Å²) in [6.45, 7) is 0. The molecule has 0 aliphatic heterocycles. The number of halogens is 3. The fourth-order valence-electron chi connectivity index (χ4n) is 1.50. The molecule has 0 saturated heterocycles. The molecule has 2 rings (SSSR count). The molecular weight excluding hydrogens is 293 g/mol. The average molecular weight is 300 g/mol. The van der Waals surface area contributed by atoms with Gasteiger partial charge in [-0.2, -0.15) is 13.2 Å². The zero-order valence-corrected chi connectivity index (χ0v) is 10.1. The largest absolute Gasteiger partial charge is 0.476 e. The first-order valence-electron chi connectivity index (χ1n) is 5.40. The van der Waals surface area contributed by atoms with Gasteiger partial charge < -0.3 is 10.4 Å². The summed E-state index contributed by atoms with van der Waals surface area (Å²) in [5.74, 6) is -4.45. The molecule has 110 valence electrons. The van der Waals surface area contributed by atoms with Crippen LogP contribution in [0.3, 0.4) is 0 Å². The standard InChI is InChI=1S/C11H7F3N4O3/c12-11(13,14)10(21)17-8-7(9(19)20)16-5-18(8)6-1-3-15-4-2-6/h1-5H,(H,17,21)(H,19,20). The number of carbonyl (C=O) groups excluding carboxylic acids is 1. The fourth-order valence-corrected chi connectivity index (χ4v) is 1.50. The lowest BCUT2D eigenvalue weighted by molar-refractivity contribution is -0.167. The lowest BCUT2D eigenvalue weighted by Crippen LogP contribution is -2.31. The molecule has 2 heterocycles. The summed E-state index contributed by atoms with van der Waals surface area (Å²) in [4.78, 5) is 29.2. The number of rotatable bonds is 3. The number of carbonyl (C=O) groups is 2. The van der Waals surface area contributed by atoms with Crippen molar-refractivity contribution >= 4 is 17.7 Å². The Hall–Kier alpha value is -2.91. The van der Waals surface area contributed by atoms with Crippen molar-refractivity contribution in [2.24, 2.45) is 0 Å². The van der Waals surface area contributed by atoms with E-state index >= 15 is 0 Å². The summed E-state index contributed by atoms with van der Waals surface area (Å²) in [5, 5.41) is 10.4. The third kappa shape index (κ3) is 2.99. The summed E-state index contributed by atoms with van der Waals surface area (Å²) < 4.78 is 37.9. The number of anilines is 1. The molecule has 21 heavy (non-hydrogen) atoms. The van der Waals surface area contributed by atoms with Crippen LogP contribution in [0.1, 0.15) is 10.5 Å². The van der Waals surface area contributed by atoms with E-state index in [4.69, 9.17) is 5.11 Å². The van der Waals surface area contributed by atoms with Gasteiger partial charge >= 0.3 is 18.1 Å². The van der Waals surface area contributed by atoms with Gasteiger partial charge in [0.1, 0.15) is 6.33 Å². The Kier molecular flexibility index (Phi) is 3.61. The highest BCUT2D eigenvalue weighted by Crippen LogP contribution is 2.23. The number of nitrogens with one attached hydrogen (secondary N) is 1. The Bertz CT molecular complexity index is 682. The normalized spacial score (nSPS) is 11.2. The lowest BCUT2D eigenvalue weighted by Gasteiger charge is -2.11. The molecule has 0 unspecified atom stereocenters. The highest BCUT2D eigenvalue weighted by atomic mass is 19.4. The molecule has 10 heteroatoms. The van der Waals surface area contributed by atoms with Gasteiger partial charge in [0.2, 0.25) is 0 Å². The van der Waals surface area contributed by atoms with Crippen molar-refractivity contribution in [1.82, 2.24) is 14.5 Å². The van der Waals surface area contributed by atoms with Crippen molar-refractivity contribution in [2.75, 3.05) is 5.32 Å². The molecule has 0 radical (unpaired) electrons. The maximum absolute atomic E-state index is 12.3. The molecule has 2 N–H and O–H groups in total. The first-order chi connectivity index (χ1) is 9.80. The molecule has 0 bridgehead atoms. The number of pyridine rings is 1. The molecule has 0 atom stereocenters. The number of amides is 1. The number of carboxylic acids is 1. The molecule has 0 saturated carbocycles. The van der Waals surface area contributed by atoms with Crippen LogP contribution in [0.5, 0.6) is 0 Å². The molecule has 7 nitrogen and oxygen atoms in total. The van der Waals surface area contributed by atoms with E-state index in [2.05, 4.69) is 9.97 Å². The second kappa shape index (κ2) is 5.23. The Morgan fingerprint density at radius 2 is 1.86 bits per heavy atom. The van der Waals surface area contributed by atoms with E-state index in [0.717, 1.165) is 10.9 Å². The Balaban J connectivity index is 2.49. The third-order valence-corrected chi connectivity index (χ3v) is 2.40. The van der Waals surface area contributed by atoms with Crippen LogP contribution in [0.15, 0.2) is 30.9 Å². The molecule has 2 aromatic heterocycles. The molecule has 0 spiro atoms. The number of carboxylic acid groups (broad SMARTS) is 1. The van der Waals surface area contributed by atoms with Gasteiger partial charge in [-0.25, -0.2) is 9.78 Å². The van der Waals surface area contributed by atoms with Crippen molar-refractivity contribution in [3.05, 3.63) is 36.5 Å². The SMILES string of the molecule is O=C(O)c1ncn(-c2ccncc2)c1NC(=O)C(F)(F)F. The number of hydrogen-bond acceptors (Lipinski definition) is 4. The number of alkyl halides is 3. The summed E-state index contributed by atoms with van der Waals surface area (Å²) in [7, 11) is 0. The van der Waals surface area contributed by atoms with Crippen molar-refractivity contribution in [3.8, 4) is 5.69 Å². The first kappa shape index (κ1) is 14.5. The topological polar surface area (TPSA) is 97.1 Å². The number of nitrogens with zero attached hydrogens (tertiary/aromatic N) is 3. The summed E-state index contributed by atoms with van der Waals surface area (Å²) >= 11 is 0. The Labute approximate surface area is 115 Å². The van der Waals surface area contributed by atoms with Gasteiger partial charge in [0.25, 0.3) is 0 Å². The highest BCUT2D eigenvalue weighted by Gasteiger charge is 2.40. The van der Waals surface area contributed by atoms with Gasteiger partial charge in [-0.15, -0.1) is 0 Å². The smallest absolute Gasteiger partial charge is 0.471 e. The van der Waals surface area contributed by atoms with E-state index in [9.17, 15) is 22.8 Å². The molecule has 0 aromatic carbocycles. The monoisotopic (exact) mass is 300 g/mol. The molecule has 0 fully saturated rings. The molecule has 2 aromatic rings. The van der Waals surface area contributed by atoms with E-state index in [1.54, 1.807) is 0 Å².